The van der Waals surface area contributed by atoms with E-state index >= 15 is 0 Å². The summed E-state index contributed by atoms with van der Waals surface area (Å²) in [6.45, 7) is 5.73. The van der Waals surface area contributed by atoms with Crippen LogP contribution in [-0.4, -0.2) is 58.0 Å². The SMILES string of the molecule is O=C(CN1CCC(Cn2ccnc2)CC1)N1CCCC1. The van der Waals surface area contributed by atoms with Crippen LogP contribution in [0.4, 0.5) is 0 Å². The molecule has 0 aromatic carbocycles. The highest BCUT2D eigenvalue weighted by molar-refractivity contribution is 5.78. The summed E-state index contributed by atoms with van der Waals surface area (Å²) in [7, 11) is 0. The van der Waals surface area contributed by atoms with Crippen LogP contribution in [0, 0.1) is 5.92 Å². The third-order valence-electron chi connectivity index (χ3n) is 4.55. The Hall–Kier alpha value is -1.36. The van der Waals surface area contributed by atoms with Crippen molar-refractivity contribution in [2.45, 2.75) is 32.2 Å². The topological polar surface area (TPSA) is 41.4 Å². The van der Waals surface area contributed by atoms with Crippen LogP contribution >= 0.6 is 0 Å². The molecule has 0 saturated carbocycles. The number of amides is 1. The molecule has 0 aliphatic carbocycles. The predicted molar refractivity (Wildman–Crippen MR) is 77.2 cm³/mol. The second kappa shape index (κ2) is 6.39. The van der Waals surface area contributed by atoms with Crippen LogP contribution in [0.15, 0.2) is 18.7 Å². The monoisotopic (exact) mass is 276 g/mol. The Bertz CT molecular complexity index is 417. The zero-order chi connectivity index (χ0) is 13.8. The molecular formula is C15H24N4O. The van der Waals surface area contributed by atoms with E-state index in [1.165, 1.54) is 25.7 Å². The molecule has 5 nitrogen and oxygen atoms in total. The fourth-order valence-corrected chi connectivity index (χ4v) is 3.28. The van der Waals surface area contributed by atoms with Gasteiger partial charge in [0.05, 0.1) is 12.9 Å². The first kappa shape index (κ1) is 13.6. The van der Waals surface area contributed by atoms with Crippen LogP contribution in [0.2, 0.25) is 0 Å². The summed E-state index contributed by atoms with van der Waals surface area (Å²) in [5.74, 6) is 1.05. The standard InChI is InChI=1S/C15H24N4O/c20-15(19-6-1-2-7-19)12-17-8-3-14(4-9-17)11-18-10-5-16-13-18/h5,10,13-14H,1-4,6-9,11-12H2. The molecule has 0 N–H and O–H groups in total. The van der Waals surface area contributed by atoms with Crippen molar-refractivity contribution in [1.29, 1.82) is 0 Å². The van der Waals surface area contributed by atoms with Crippen molar-refractivity contribution in [2.24, 2.45) is 5.92 Å². The van der Waals surface area contributed by atoms with Gasteiger partial charge < -0.3 is 9.47 Å². The highest BCUT2D eigenvalue weighted by Gasteiger charge is 2.24. The zero-order valence-corrected chi connectivity index (χ0v) is 12.1. The molecule has 0 radical (unpaired) electrons. The lowest BCUT2D eigenvalue weighted by molar-refractivity contribution is -0.131. The molecule has 1 amide bonds. The third-order valence-corrected chi connectivity index (χ3v) is 4.55. The molecule has 2 aliphatic rings. The van der Waals surface area contributed by atoms with E-state index in [4.69, 9.17) is 0 Å². The van der Waals surface area contributed by atoms with E-state index in [2.05, 4.69) is 14.5 Å². The molecule has 0 unspecified atom stereocenters. The van der Waals surface area contributed by atoms with Crippen molar-refractivity contribution in [3.63, 3.8) is 0 Å². The molecule has 3 heterocycles. The average molecular weight is 276 g/mol. The van der Waals surface area contributed by atoms with Gasteiger partial charge in [0.25, 0.3) is 0 Å². The molecule has 5 heteroatoms. The quantitative estimate of drug-likeness (QED) is 0.830. The molecule has 1 aromatic rings. The van der Waals surface area contributed by atoms with Crippen molar-refractivity contribution in [3.05, 3.63) is 18.7 Å². The van der Waals surface area contributed by atoms with Gasteiger partial charge in [0, 0.05) is 32.0 Å². The summed E-state index contributed by atoms with van der Waals surface area (Å²) >= 11 is 0. The van der Waals surface area contributed by atoms with Gasteiger partial charge in [-0.3, -0.25) is 9.69 Å². The molecule has 0 bridgehead atoms. The molecule has 3 rings (SSSR count). The van der Waals surface area contributed by atoms with Gasteiger partial charge in [0.1, 0.15) is 0 Å². The Morgan fingerprint density at radius 1 is 1.15 bits per heavy atom. The van der Waals surface area contributed by atoms with Crippen LogP contribution in [0.25, 0.3) is 0 Å². The first-order valence-electron chi connectivity index (χ1n) is 7.77. The minimum atomic E-state index is 0.329. The highest BCUT2D eigenvalue weighted by atomic mass is 16.2. The highest BCUT2D eigenvalue weighted by Crippen LogP contribution is 2.19. The average Bonchev–Trinajstić information content (AvgIpc) is 3.13. The largest absolute Gasteiger partial charge is 0.342 e. The maximum Gasteiger partial charge on any atom is 0.236 e. The second-order valence-corrected chi connectivity index (χ2v) is 6.07. The van der Waals surface area contributed by atoms with Crippen LogP contribution in [-0.2, 0) is 11.3 Å². The van der Waals surface area contributed by atoms with Crippen molar-refractivity contribution in [3.8, 4) is 0 Å². The van der Waals surface area contributed by atoms with Gasteiger partial charge >= 0.3 is 0 Å². The molecule has 2 aliphatic heterocycles. The van der Waals surface area contributed by atoms with Crippen molar-refractivity contribution >= 4 is 5.91 Å². The van der Waals surface area contributed by atoms with E-state index < -0.39 is 0 Å². The number of imidazole rings is 1. The predicted octanol–water partition coefficient (Wildman–Crippen LogP) is 1.22. The lowest BCUT2D eigenvalue weighted by Crippen LogP contribution is -2.43. The summed E-state index contributed by atoms with van der Waals surface area (Å²) in [5, 5.41) is 0. The maximum atomic E-state index is 12.1. The molecule has 2 saturated heterocycles. The van der Waals surface area contributed by atoms with Gasteiger partial charge in [-0.05, 0) is 44.7 Å². The fraction of sp³-hybridized carbons (Fsp3) is 0.733. The molecule has 110 valence electrons. The number of likely N-dealkylation sites (tertiary alicyclic amines) is 2. The molecule has 1 aromatic heterocycles. The molecule has 0 spiro atoms. The number of hydrogen-bond donors (Lipinski definition) is 0. The lowest BCUT2D eigenvalue weighted by atomic mass is 9.97. The number of hydrogen-bond acceptors (Lipinski definition) is 3. The van der Waals surface area contributed by atoms with Gasteiger partial charge in [-0.15, -0.1) is 0 Å². The number of carbonyl (C=O) groups excluding carboxylic acids is 1. The fourth-order valence-electron chi connectivity index (χ4n) is 3.28. The van der Waals surface area contributed by atoms with Crippen LogP contribution in [0.5, 0.6) is 0 Å². The maximum absolute atomic E-state index is 12.1. The number of carbonyl (C=O) groups is 1. The van der Waals surface area contributed by atoms with Crippen LogP contribution in [0.1, 0.15) is 25.7 Å². The Balaban J connectivity index is 1.40. The Kier molecular flexibility index (Phi) is 4.35. The lowest BCUT2D eigenvalue weighted by Gasteiger charge is -2.32. The van der Waals surface area contributed by atoms with Crippen molar-refractivity contribution in [2.75, 3.05) is 32.7 Å². The number of aromatic nitrogens is 2. The van der Waals surface area contributed by atoms with E-state index in [1.54, 1.807) is 0 Å². The van der Waals surface area contributed by atoms with E-state index in [0.717, 1.165) is 38.6 Å². The first-order chi connectivity index (χ1) is 9.81. The smallest absolute Gasteiger partial charge is 0.236 e. The van der Waals surface area contributed by atoms with E-state index in [-0.39, 0.29) is 0 Å². The summed E-state index contributed by atoms with van der Waals surface area (Å²) in [6.07, 6.45) is 10.5. The Morgan fingerprint density at radius 2 is 1.90 bits per heavy atom. The van der Waals surface area contributed by atoms with E-state index in [9.17, 15) is 4.79 Å². The number of nitrogens with zero attached hydrogens (tertiary/aromatic N) is 4. The van der Waals surface area contributed by atoms with Gasteiger partial charge in [-0.2, -0.15) is 0 Å². The number of rotatable bonds is 4. The van der Waals surface area contributed by atoms with Gasteiger partial charge in [0.15, 0.2) is 0 Å². The Morgan fingerprint density at radius 3 is 2.55 bits per heavy atom. The number of piperidine rings is 1. The summed E-state index contributed by atoms with van der Waals surface area (Å²) in [6, 6.07) is 0. The third kappa shape index (κ3) is 3.39. The molecule has 0 atom stereocenters. The van der Waals surface area contributed by atoms with Gasteiger partial charge in [0.2, 0.25) is 5.91 Å². The van der Waals surface area contributed by atoms with E-state index in [1.807, 2.05) is 23.6 Å². The molecule has 20 heavy (non-hydrogen) atoms. The molecular weight excluding hydrogens is 252 g/mol. The van der Waals surface area contributed by atoms with Crippen molar-refractivity contribution in [1.82, 2.24) is 19.4 Å². The second-order valence-electron chi connectivity index (χ2n) is 6.07. The van der Waals surface area contributed by atoms with Crippen LogP contribution < -0.4 is 0 Å². The first-order valence-corrected chi connectivity index (χ1v) is 7.77. The molecule has 2 fully saturated rings. The van der Waals surface area contributed by atoms with Gasteiger partial charge in [-0.1, -0.05) is 0 Å². The summed E-state index contributed by atoms with van der Waals surface area (Å²) in [5.41, 5.74) is 0. The van der Waals surface area contributed by atoms with Crippen molar-refractivity contribution < 1.29 is 4.79 Å². The Labute approximate surface area is 120 Å². The normalized spacial score (nSPS) is 21.5. The van der Waals surface area contributed by atoms with Crippen LogP contribution in [0.3, 0.4) is 0 Å². The van der Waals surface area contributed by atoms with Gasteiger partial charge in [-0.25, -0.2) is 4.98 Å². The summed E-state index contributed by atoms with van der Waals surface area (Å²) < 4.78 is 2.16. The summed E-state index contributed by atoms with van der Waals surface area (Å²) in [4.78, 5) is 20.6. The minimum Gasteiger partial charge on any atom is -0.342 e. The van der Waals surface area contributed by atoms with E-state index in [0.29, 0.717) is 12.5 Å². The minimum absolute atomic E-state index is 0.329. The zero-order valence-electron chi connectivity index (χ0n) is 12.1.